The molecule has 0 fully saturated rings. The summed E-state index contributed by atoms with van der Waals surface area (Å²) < 4.78 is 42.9. The van der Waals surface area contributed by atoms with Gasteiger partial charge in [-0.15, -0.1) is 12.8 Å². The molecule has 0 aromatic heterocycles. The Balaban J connectivity index is 0.00000124. The fourth-order valence-electron chi connectivity index (χ4n) is 2.36. The smallest absolute Gasteiger partial charge is 0.293 e. The predicted octanol–water partition coefficient (Wildman–Crippen LogP) is 2.72. The summed E-state index contributed by atoms with van der Waals surface area (Å²) in [5.74, 6) is -1.03. The number of hydrogen-bond acceptors (Lipinski definition) is 8. The Morgan fingerprint density at radius 2 is 1.81 bits per heavy atom. The molecule has 0 aliphatic heterocycles. The van der Waals surface area contributed by atoms with E-state index in [1.165, 1.54) is 21.9 Å². The summed E-state index contributed by atoms with van der Waals surface area (Å²) in [7, 11) is 3.40. The molecule has 0 heterocycles. The van der Waals surface area contributed by atoms with Crippen LogP contribution in [0.4, 0.5) is 4.39 Å². The van der Waals surface area contributed by atoms with Gasteiger partial charge < -0.3 is 19.1 Å². The fourth-order valence-corrected chi connectivity index (χ4v) is 3.65. The van der Waals surface area contributed by atoms with Crippen molar-refractivity contribution < 1.29 is 37.6 Å². The van der Waals surface area contributed by atoms with E-state index in [1.807, 2.05) is 19.0 Å². The van der Waals surface area contributed by atoms with Crippen molar-refractivity contribution in [1.82, 2.24) is 14.7 Å². The number of hydroxylamine groups is 1. The van der Waals surface area contributed by atoms with Crippen LogP contribution in [0.2, 0.25) is 5.02 Å². The summed E-state index contributed by atoms with van der Waals surface area (Å²) in [5.41, 5.74) is 1.51. The van der Waals surface area contributed by atoms with Gasteiger partial charge >= 0.3 is 0 Å². The topological polar surface area (TPSA) is 118 Å². The highest BCUT2D eigenvalue weighted by atomic mass is 35.5. The molecule has 2 aromatic carbocycles. The van der Waals surface area contributed by atoms with Gasteiger partial charge in [0.25, 0.3) is 12.4 Å². The van der Waals surface area contributed by atoms with Gasteiger partial charge in [0, 0.05) is 25.2 Å². The Bertz CT molecular complexity index is 994. The Morgan fingerprint density at radius 3 is 2.32 bits per heavy atom. The highest BCUT2D eigenvalue weighted by Crippen LogP contribution is 2.27. The van der Waals surface area contributed by atoms with Crippen molar-refractivity contribution in [2.45, 2.75) is 4.90 Å². The third-order valence-corrected chi connectivity index (χ3v) is 5.79. The predicted molar refractivity (Wildman–Crippen MR) is 138 cm³/mol. The van der Waals surface area contributed by atoms with Crippen LogP contribution in [0, 0.1) is 18.7 Å². The van der Waals surface area contributed by atoms with E-state index < -0.39 is 22.7 Å². The molecule has 37 heavy (non-hydrogen) atoms. The Hall–Kier alpha value is -3.05. The van der Waals surface area contributed by atoms with Crippen LogP contribution in [0.15, 0.2) is 47.4 Å². The third-order valence-electron chi connectivity index (χ3n) is 4.10. The van der Waals surface area contributed by atoms with E-state index in [4.69, 9.17) is 21.5 Å². The number of carbonyl (C=O) groups excluding carboxylic acids is 2. The molecule has 1 atom stereocenters. The van der Waals surface area contributed by atoms with Crippen LogP contribution in [0.3, 0.4) is 0 Å². The first kappa shape index (κ1) is 34.0. The van der Waals surface area contributed by atoms with Crippen molar-refractivity contribution >= 4 is 35.0 Å². The molecule has 10 nitrogen and oxygen atoms in total. The molecule has 0 aliphatic carbocycles. The van der Waals surface area contributed by atoms with E-state index >= 15 is 0 Å². The first-order chi connectivity index (χ1) is 17.7. The van der Waals surface area contributed by atoms with Crippen LogP contribution >= 0.6 is 11.6 Å². The van der Waals surface area contributed by atoms with Crippen molar-refractivity contribution in [1.29, 1.82) is 0 Å². The average molecular weight is 560 g/mol. The number of benzene rings is 2. The maximum absolute atomic E-state index is 14.5. The number of ether oxygens (including phenoxy) is 3. The van der Waals surface area contributed by atoms with E-state index in [1.54, 1.807) is 31.4 Å². The molecule has 0 bridgehead atoms. The van der Waals surface area contributed by atoms with Crippen molar-refractivity contribution in [2.24, 2.45) is 0 Å². The molecule has 1 amide bonds. The van der Waals surface area contributed by atoms with Gasteiger partial charge in [0.15, 0.2) is 11.6 Å². The molecule has 204 valence electrons. The monoisotopic (exact) mass is 559 g/mol. The second-order valence-corrected chi connectivity index (χ2v) is 8.98. The summed E-state index contributed by atoms with van der Waals surface area (Å²) in [6, 6.07) is 10.4. The number of halogens is 2. The number of rotatable bonds is 13. The molecular formula is C24H31ClFN3O7S. The van der Waals surface area contributed by atoms with Crippen molar-refractivity contribution in [2.75, 3.05) is 54.1 Å². The first-order valence-corrected chi connectivity index (χ1v) is 12.0. The normalized spacial score (nSPS) is 10.9. The van der Waals surface area contributed by atoms with Crippen molar-refractivity contribution in [3.05, 3.63) is 53.3 Å². The van der Waals surface area contributed by atoms with Crippen LogP contribution in [0.1, 0.15) is 0 Å². The molecule has 0 radical (unpaired) electrons. The first-order valence-electron chi connectivity index (χ1n) is 10.6. The van der Waals surface area contributed by atoms with Gasteiger partial charge in [-0.25, -0.2) is 18.4 Å². The number of carbonyl (C=O) groups is 2. The van der Waals surface area contributed by atoms with Gasteiger partial charge in [-0.05, 0) is 56.6 Å². The maximum Gasteiger partial charge on any atom is 0.293 e. The van der Waals surface area contributed by atoms with Gasteiger partial charge in [-0.2, -0.15) is 0 Å². The molecular weight excluding hydrogens is 529 g/mol. The largest absolute Gasteiger partial charge is 0.465 e. The van der Waals surface area contributed by atoms with Crippen LogP contribution in [0.25, 0.3) is 0 Å². The average Bonchev–Trinajstić information content (AvgIpc) is 2.90. The summed E-state index contributed by atoms with van der Waals surface area (Å²) in [4.78, 5) is 22.9. The second-order valence-electron chi connectivity index (χ2n) is 7.06. The lowest BCUT2D eigenvalue weighted by Crippen LogP contribution is -2.40. The quantitative estimate of drug-likeness (QED) is 0.126. The highest BCUT2D eigenvalue weighted by molar-refractivity contribution is 7.82. The molecule has 13 heteroatoms. The lowest BCUT2D eigenvalue weighted by molar-refractivity contribution is -0.130. The Morgan fingerprint density at radius 1 is 1.16 bits per heavy atom. The molecule has 2 N–H and O–H groups in total. The highest BCUT2D eigenvalue weighted by Gasteiger charge is 2.20. The lowest BCUT2D eigenvalue weighted by Gasteiger charge is -2.22. The SMILES string of the molecule is C#C.CN(C)CCN(CC(=O)NO)S(=O)c1ccc(Oc2ccc(Cl)cc2)c(F)c1.COCCOC=O. The molecule has 0 saturated carbocycles. The summed E-state index contributed by atoms with van der Waals surface area (Å²) >= 11 is 5.81. The zero-order valence-corrected chi connectivity index (χ0v) is 22.3. The van der Waals surface area contributed by atoms with Gasteiger partial charge in [0.2, 0.25) is 0 Å². The van der Waals surface area contributed by atoms with Crippen LogP contribution in [-0.4, -0.2) is 85.1 Å². The van der Waals surface area contributed by atoms with E-state index in [9.17, 15) is 18.2 Å². The van der Waals surface area contributed by atoms with Gasteiger partial charge in [-0.3, -0.25) is 14.8 Å². The third kappa shape index (κ3) is 14.3. The molecule has 2 aromatic rings. The van der Waals surface area contributed by atoms with Crippen LogP contribution < -0.4 is 10.2 Å². The molecule has 2 rings (SSSR count). The maximum atomic E-state index is 14.5. The summed E-state index contributed by atoms with van der Waals surface area (Å²) in [6.45, 7) is 1.71. The van der Waals surface area contributed by atoms with Crippen molar-refractivity contribution in [3.63, 3.8) is 0 Å². The minimum absolute atomic E-state index is 0.0315. The standard InChI is InChI=1S/C18H21ClFN3O4S.C4H8O3.C2H2/c1-22(2)9-10-23(12-18(24)21-25)28(26)15-7-8-17(16(20)11-15)27-14-5-3-13(19)4-6-14;1-6-2-3-7-4-5;1-2/h3-8,11,25H,9-10,12H2,1-2H3,(H,21,24);4H,2-3H2,1H3;1-2H. The molecule has 0 saturated heterocycles. The number of methoxy groups -OCH3 is 1. The molecule has 0 aliphatic rings. The Kier molecular flexibility index (Phi) is 18.4. The van der Waals surface area contributed by atoms with E-state index in [2.05, 4.69) is 22.3 Å². The minimum atomic E-state index is -1.81. The van der Waals surface area contributed by atoms with Gasteiger partial charge in [-0.1, -0.05) is 11.6 Å². The summed E-state index contributed by atoms with van der Waals surface area (Å²) in [6.07, 6.45) is 8.00. The van der Waals surface area contributed by atoms with Crippen LogP contribution in [-0.2, 0) is 30.0 Å². The second kappa shape index (κ2) is 20.1. The molecule has 1 unspecified atom stereocenters. The number of hydrogen-bond donors (Lipinski definition) is 2. The number of nitrogens with zero attached hydrogens (tertiary/aromatic N) is 2. The van der Waals surface area contributed by atoms with Crippen LogP contribution in [0.5, 0.6) is 11.5 Å². The number of amides is 1. The van der Waals surface area contributed by atoms with Gasteiger partial charge in [0.1, 0.15) is 23.3 Å². The number of terminal acetylenes is 1. The number of likely N-dealkylation sites (N-methyl/N-ethyl adjacent to an activating group) is 1. The van der Waals surface area contributed by atoms with Crippen molar-refractivity contribution in [3.8, 4) is 24.3 Å². The van der Waals surface area contributed by atoms with E-state index in [0.717, 1.165) is 6.07 Å². The molecule has 0 spiro atoms. The zero-order valence-electron chi connectivity index (χ0n) is 20.8. The lowest BCUT2D eigenvalue weighted by atomic mass is 10.3. The van der Waals surface area contributed by atoms with Gasteiger partial charge in [0.05, 0.1) is 18.0 Å². The van der Waals surface area contributed by atoms with E-state index in [0.29, 0.717) is 37.0 Å². The fraction of sp³-hybridized carbons (Fsp3) is 0.333. The Labute approximate surface area is 223 Å². The zero-order chi connectivity index (χ0) is 28.2. The minimum Gasteiger partial charge on any atom is -0.465 e. The summed E-state index contributed by atoms with van der Waals surface area (Å²) in [5, 5.41) is 9.26. The van der Waals surface area contributed by atoms with E-state index in [-0.39, 0.29) is 23.7 Å². The number of nitrogens with one attached hydrogen (secondary N) is 1.